The normalized spacial score (nSPS) is 19.3. The number of benzene rings is 2. The molecule has 2 aromatic rings. The molecule has 182 valence electrons. The first-order valence-corrected chi connectivity index (χ1v) is 11.8. The molecule has 2 aromatic carbocycles. The van der Waals surface area contributed by atoms with Crippen LogP contribution >= 0.6 is 0 Å². The number of rotatable bonds is 10. The van der Waals surface area contributed by atoms with Crippen molar-refractivity contribution in [2.24, 2.45) is 0 Å². The number of aliphatic hydroxyl groups is 1. The van der Waals surface area contributed by atoms with Crippen LogP contribution in [0, 0.1) is 0 Å². The highest BCUT2D eigenvalue weighted by Gasteiger charge is 2.35. The van der Waals surface area contributed by atoms with Gasteiger partial charge < -0.3 is 29.5 Å². The van der Waals surface area contributed by atoms with Crippen molar-refractivity contribution >= 4 is 11.7 Å². The molecule has 1 fully saturated rings. The maximum absolute atomic E-state index is 12.8. The lowest BCUT2D eigenvalue weighted by Gasteiger charge is -2.35. The SMILES string of the molecule is COc1ccc(C(=O)CCC(=O)N[C@H](CN2CCCC2)[C@@H](O)C2COc3ccccc3O2)cc1. The molecule has 0 saturated carbocycles. The van der Waals surface area contributed by atoms with E-state index in [4.69, 9.17) is 14.2 Å². The monoisotopic (exact) mass is 468 g/mol. The van der Waals surface area contributed by atoms with Crippen molar-refractivity contribution in [2.45, 2.75) is 43.9 Å². The third kappa shape index (κ3) is 6.07. The number of hydrogen-bond acceptors (Lipinski definition) is 7. The molecule has 8 heteroatoms. The van der Waals surface area contributed by atoms with Gasteiger partial charge in [-0.25, -0.2) is 0 Å². The van der Waals surface area contributed by atoms with Crippen molar-refractivity contribution in [1.82, 2.24) is 10.2 Å². The average molecular weight is 469 g/mol. The fourth-order valence-corrected chi connectivity index (χ4v) is 4.37. The van der Waals surface area contributed by atoms with Gasteiger partial charge in [0.15, 0.2) is 23.4 Å². The third-order valence-electron chi connectivity index (χ3n) is 6.31. The number of carbonyl (C=O) groups excluding carboxylic acids is 2. The Morgan fingerprint density at radius 3 is 2.50 bits per heavy atom. The van der Waals surface area contributed by atoms with Gasteiger partial charge in [0.1, 0.15) is 18.5 Å². The third-order valence-corrected chi connectivity index (χ3v) is 6.31. The second-order valence-corrected chi connectivity index (χ2v) is 8.74. The quantitative estimate of drug-likeness (QED) is 0.517. The molecule has 0 aliphatic carbocycles. The van der Waals surface area contributed by atoms with E-state index in [2.05, 4.69) is 10.2 Å². The number of Topliss-reactive ketones (excluding diaryl/α,β-unsaturated/α-hetero) is 1. The van der Waals surface area contributed by atoms with E-state index in [-0.39, 0.29) is 31.1 Å². The Morgan fingerprint density at radius 2 is 1.79 bits per heavy atom. The summed E-state index contributed by atoms with van der Waals surface area (Å²) < 4.78 is 16.9. The predicted molar refractivity (Wildman–Crippen MR) is 127 cm³/mol. The maximum atomic E-state index is 12.8. The van der Waals surface area contributed by atoms with Crippen LogP contribution < -0.4 is 19.5 Å². The van der Waals surface area contributed by atoms with E-state index in [0.29, 0.717) is 29.4 Å². The number of nitrogens with zero attached hydrogens (tertiary/aromatic N) is 1. The second-order valence-electron chi connectivity index (χ2n) is 8.74. The molecule has 1 unspecified atom stereocenters. The number of aliphatic hydroxyl groups excluding tert-OH is 1. The number of methoxy groups -OCH3 is 1. The summed E-state index contributed by atoms with van der Waals surface area (Å²) in [4.78, 5) is 27.5. The van der Waals surface area contributed by atoms with Crippen LogP contribution in [0.1, 0.15) is 36.0 Å². The van der Waals surface area contributed by atoms with Gasteiger partial charge in [-0.2, -0.15) is 0 Å². The summed E-state index contributed by atoms with van der Waals surface area (Å²) in [6, 6.07) is 13.6. The number of para-hydroxylation sites is 2. The number of carbonyl (C=O) groups is 2. The number of ketones is 1. The lowest BCUT2D eigenvalue weighted by molar-refractivity contribution is -0.124. The van der Waals surface area contributed by atoms with Crippen molar-refractivity contribution in [1.29, 1.82) is 0 Å². The highest BCUT2D eigenvalue weighted by atomic mass is 16.6. The topological polar surface area (TPSA) is 97.3 Å². The van der Waals surface area contributed by atoms with Crippen LogP contribution in [-0.4, -0.2) is 73.3 Å². The number of fused-ring (bicyclic) bond motifs is 1. The zero-order chi connectivity index (χ0) is 23.9. The molecule has 2 aliphatic rings. The van der Waals surface area contributed by atoms with E-state index in [9.17, 15) is 14.7 Å². The summed E-state index contributed by atoms with van der Waals surface area (Å²) in [5.74, 6) is 1.50. The molecule has 1 saturated heterocycles. The van der Waals surface area contributed by atoms with Gasteiger partial charge in [0.25, 0.3) is 0 Å². The molecule has 3 atom stereocenters. The van der Waals surface area contributed by atoms with E-state index in [1.54, 1.807) is 37.4 Å². The first kappa shape index (κ1) is 24.0. The van der Waals surface area contributed by atoms with Crippen LogP contribution in [0.4, 0.5) is 0 Å². The van der Waals surface area contributed by atoms with Gasteiger partial charge in [-0.3, -0.25) is 9.59 Å². The van der Waals surface area contributed by atoms with Gasteiger partial charge >= 0.3 is 0 Å². The van der Waals surface area contributed by atoms with Crippen LogP contribution in [0.25, 0.3) is 0 Å². The molecule has 4 rings (SSSR count). The molecule has 34 heavy (non-hydrogen) atoms. The Morgan fingerprint density at radius 1 is 1.09 bits per heavy atom. The fourth-order valence-electron chi connectivity index (χ4n) is 4.37. The van der Waals surface area contributed by atoms with Crippen LogP contribution in [0.5, 0.6) is 17.2 Å². The number of hydrogen-bond donors (Lipinski definition) is 2. The van der Waals surface area contributed by atoms with Crippen molar-refractivity contribution in [2.75, 3.05) is 33.4 Å². The highest BCUT2D eigenvalue weighted by Crippen LogP contribution is 2.32. The molecule has 0 bridgehead atoms. The Balaban J connectivity index is 1.36. The van der Waals surface area contributed by atoms with E-state index in [1.165, 1.54) is 0 Å². The van der Waals surface area contributed by atoms with Crippen molar-refractivity contribution in [3.8, 4) is 17.2 Å². The number of likely N-dealkylation sites (tertiary alicyclic amines) is 1. The van der Waals surface area contributed by atoms with Crippen LogP contribution in [0.3, 0.4) is 0 Å². The van der Waals surface area contributed by atoms with Gasteiger partial charge in [0.2, 0.25) is 5.91 Å². The zero-order valence-electron chi connectivity index (χ0n) is 19.4. The molecule has 0 radical (unpaired) electrons. The van der Waals surface area contributed by atoms with Crippen LogP contribution in [0.2, 0.25) is 0 Å². The molecule has 8 nitrogen and oxygen atoms in total. The molecule has 2 heterocycles. The second kappa shape index (κ2) is 11.4. The Hall–Kier alpha value is -3.10. The highest BCUT2D eigenvalue weighted by molar-refractivity contribution is 5.98. The minimum atomic E-state index is -0.963. The summed E-state index contributed by atoms with van der Waals surface area (Å²) in [6.45, 7) is 2.57. The lowest BCUT2D eigenvalue weighted by atomic mass is 10.0. The number of ether oxygens (including phenoxy) is 3. The summed E-state index contributed by atoms with van der Waals surface area (Å²) >= 11 is 0. The van der Waals surface area contributed by atoms with Gasteiger partial charge in [0.05, 0.1) is 13.2 Å². The largest absolute Gasteiger partial charge is 0.497 e. The molecular formula is C26H32N2O6. The molecule has 0 aromatic heterocycles. The minimum absolute atomic E-state index is 0.0406. The van der Waals surface area contributed by atoms with Crippen LogP contribution in [-0.2, 0) is 4.79 Å². The van der Waals surface area contributed by atoms with E-state index >= 15 is 0 Å². The molecule has 1 amide bonds. The molecular weight excluding hydrogens is 436 g/mol. The first-order valence-electron chi connectivity index (χ1n) is 11.8. The average Bonchev–Trinajstić information content (AvgIpc) is 3.39. The van der Waals surface area contributed by atoms with E-state index in [1.807, 2.05) is 18.2 Å². The summed E-state index contributed by atoms with van der Waals surface area (Å²) in [7, 11) is 1.57. The van der Waals surface area contributed by atoms with Crippen molar-refractivity contribution in [3.05, 3.63) is 54.1 Å². The Bertz CT molecular complexity index is 974. The maximum Gasteiger partial charge on any atom is 0.220 e. The van der Waals surface area contributed by atoms with Crippen molar-refractivity contribution < 1.29 is 28.9 Å². The van der Waals surface area contributed by atoms with Gasteiger partial charge in [0, 0.05) is 24.9 Å². The number of nitrogens with one attached hydrogen (secondary N) is 1. The smallest absolute Gasteiger partial charge is 0.220 e. The summed E-state index contributed by atoms with van der Waals surface area (Å²) in [6.07, 6.45) is 0.756. The molecule has 0 spiro atoms. The van der Waals surface area contributed by atoms with E-state index < -0.39 is 18.2 Å². The Labute approximate surface area is 199 Å². The predicted octanol–water partition coefficient (Wildman–Crippen LogP) is 2.44. The number of amides is 1. The standard InChI is InChI=1S/C26H32N2O6/c1-32-19-10-8-18(9-11-19)21(29)12-13-25(30)27-20(16-28-14-4-5-15-28)26(31)24-17-33-22-6-2-3-7-23(22)34-24/h2-3,6-11,20,24,26,31H,4-5,12-17H2,1H3,(H,27,30)/t20-,24?,26-/m1/s1. The fraction of sp³-hybridized carbons (Fsp3) is 0.462. The van der Waals surface area contributed by atoms with Crippen molar-refractivity contribution in [3.63, 3.8) is 0 Å². The molecule has 2 N–H and O–H groups in total. The Kier molecular flexibility index (Phi) is 8.03. The summed E-state index contributed by atoms with van der Waals surface area (Å²) in [5.41, 5.74) is 0.536. The van der Waals surface area contributed by atoms with Gasteiger partial charge in [-0.05, 0) is 62.3 Å². The lowest BCUT2D eigenvalue weighted by Crippen LogP contribution is -2.56. The zero-order valence-corrected chi connectivity index (χ0v) is 19.4. The van der Waals surface area contributed by atoms with Gasteiger partial charge in [-0.15, -0.1) is 0 Å². The molecule has 2 aliphatic heterocycles. The van der Waals surface area contributed by atoms with Crippen LogP contribution in [0.15, 0.2) is 48.5 Å². The van der Waals surface area contributed by atoms with Gasteiger partial charge in [-0.1, -0.05) is 12.1 Å². The first-order chi connectivity index (χ1) is 16.5. The summed E-state index contributed by atoms with van der Waals surface area (Å²) in [5, 5.41) is 14.1. The van der Waals surface area contributed by atoms with E-state index in [0.717, 1.165) is 25.9 Å². The minimum Gasteiger partial charge on any atom is -0.497 e.